The van der Waals surface area contributed by atoms with E-state index in [9.17, 15) is 26.4 Å². The normalized spacial score (nSPS) is 11.3. The molecule has 2 heterocycles. The molecule has 14 nitrogen and oxygen atoms in total. The average Bonchev–Trinajstić information content (AvgIpc) is 3.01. The van der Waals surface area contributed by atoms with Gasteiger partial charge in [0.1, 0.15) is 23.3 Å². The summed E-state index contributed by atoms with van der Waals surface area (Å²) in [5, 5.41) is 5.33. The largest absolute Gasteiger partial charge is 0.322 e. The summed E-state index contributed by atoms with van der Waals surface area (Å²) in [6.07, 6.45) is 2.87. The van der Waals surface area contributed by atoms with Gasteiger partial charge in [-0.3, -0.25) is 19.0 Å². The zero-order valence-electron chi connectivity index (χ0n) is 24.3. The fraction of sp³-hybridized carbons (Fsp3) is 0.0667. The summed E-state index contributed by atoms with van der Waals surface area (Å²) in [7, 11) is -7.90. The minimum Gasteiger partial charge on any atom is -0.322 e. The number of aromatic nitrogens is 4. The summed E-state index contributed by atoms with van der Waals surface area (Å²) >= 11 is 0. The molecule has 0 fully saturated rings. The number of carbonyl (C=O) groups excluding carboxylic acids is 2. The number of aryl methyl sites for hydroxylation is 2. The Labute approximate surface area is 264 Å². The maximum absolute atomic E-state index is 13.2. The van der Waals surface area contributed by atoms with Crippen LogP contribution >= 0.6 is 0 Å². The summed E-state index contributed by atoms with van der Waals surface area (Å²) in [6, 6.07) is 19.9. The number of hydrogen-bond donors (Lipinski definition) is 4. The number of carbonyl (C=O) groups is 2. The van der Waals surface area contributed by atoms with Gasteiger partial charge in [-0.05, 0) is 86.6 Å². The van der Waals surface area contributed by atoms with Crippen LogP contribution < -0.4 is 20.1 Å². The molecule has 2 aromatic heterocycles. The van der Waals surface area contributed by atoms with Gasteiger partial charge in [-0.15, -0.1) is 0 Å². The van der Waals surface area contributed by atoms with E-state index in [1.165, 1.54) is 85.2 Å². The van der Waals surface area contributed by atoms with Gasteiger partial charge in [-0.25, -0.2) is 36.8 Å². The van der Waals surface area contributed by atoms with Crippen molar-refractivity contribution in [2.75, 3.05) is 20.1 Å². The van der Waals surface area contributed by atoms with Crippen LogP contribution in [0.15, 0.2) is 107 Å². The molecule has 3 aromatic carbocycles. The first-order valence-electron chi connectivity index (χ1n) is 13.5. The van der Waals surface area contributed by atoms with Gasteiger partial charge in [0.2, 0.25) is 0 Å². The number of sulfonamides is 2. The molecule has 0 aliphatic carbocycles. The van der Waals surface area contributed by atoms with Crippen molar-refractivity contribution in [2.24, 2.45) is 0 Å². The van der Waals surface area contributed by atoms with Crippen LogP contribution in [0.2, 0.25) is 0 Å². The standard InChI is InChI=1S/C30H26N8O6S2/c1-19-31-17-15-27(33-19)37-45(41,42)23-11-7-21(8-12-23)35-29(39)25-5-3-4-6-26(25)30(40)36-22-9-13-24(14-10-22)46(43,44)38-28-16-18-32-20(2)34-28/h3-18H,1-2H3,(H,35,39)(H,36,40)(H,31,33,37)(H,32,34,38). The van der Waals surface area contributed by atoms with Crippen LogP contribution in [0.25, 0.3) is 0 Å². The maximum atomic E-state index is 13.2. The van der Waals surface area contributed by atoms with E-state index in [0.717, 1.165) is 0 Å². The van der Waals surface area contributed by atoms with E-state index in [-0.39, 0.29) is 32.6 Å². The predicted molar refractivity (Wildman–Crippen MR) is 170 cm³/mol. The van der Waals surface area contributed by atoms with Crippen molar-refractivity contribution in [2.45, 2.75) is 23.6 Å². The highest BCUT2D eigenvalue weighted by Crippen LogP contribution is 2.21. The van der Waals surface area contributed by atoms with Gasteiger partial charge >= 0.3 is 0 Å². The van der Waals surface area contributed by atoms with Gasteiger partial charge < -0.3 is 10.6 Å². The second kappa shape index (κ2) is 13.1. The molecule has 234 valence electrons. The number of amides is 2. The second-order valence-corrected chi connectivity index (χ2v) is 13.1. The average molecular weight is 659 g/mol. The lowest BCUT2D eigenvalue weighted by Crippen LogP contribution is -2.20. The first kappa shape index (κ1) is 31.7. The van der Waals surface area contributed by atoms with E-state index in [1.807, 2.05) is 0 Å². The van der Waals surface area contributed by atoms with Crippen LogP contribution in [0.1, 0.15) is 32.4 Å². The van der Waals surface area contributed by atoms with Crippen molar-refractivity contribution >= 4 is 54.9 Å². The van der Waals surface area contributed by atoms with Gasteiger partial charge in [-0.1, -0.05) is 12.1 Å². The highest BCUT2D eigenvalue weighted by atomic mass is 32.2. The number of hydrogen-bond acceptors (Lipinski definition) is 10. The lowest BCUT2D eigenvalue weighted by molar-refractivity contribution is 0.0990. The third kappa shape index (κ3) is 7.66. The molecule has 0 atom stereocenters. The third-order valence-electron chi connectivity index (χ3n) is 6.29. The zero-order valence-corrected chi connectivity index (χ0v) is 25.9. The van der Waals surface area contributed by atoms with Crippen LogP contribution in [0.5, 0.6) is 0 Å². The lowest BCUT2D eigenvalue weighted by Gasteiger charge is -2.12. The number of nitrogens with one attached hydrogen (secondary N) is 4. The smallest absolute Gasteiger partial charge is 0.263 e. The summed E-state index contributed by atoms with van der Waals surface area (Å²) in [6.45, 7) is 3.26. The minimum absolute atomic E-state index is 0.0553. The van der Waals surface area contributed by atoms with E-state index >= 15 is 0 Å². The minimum atomic E-state index is -3.95. The molecule has 2 amide bonds. The summed E-state index contributed by atoms with van der Waals surface area (Å²) in [5.41, 5.74) is 0.696. The third-order valence-corrected chi connectivity index (χ3v) is 9.03. The maximum Gasteiger partial charge on any atom is 0.263 e. The monoisotopic (exact) mass is 658 g/mol. The van der Waals surface area contributed by atoms with Crippen LogP contribution in [0, 0.1) is 13.8 Å². The van der Waals surface area contributed by atoms with E-state index in [0.29, 0.717) is 23.0 Å². The summed E-state index contributed by atoms with van der Waals surface area (Å²) in [4.78, 5) is 42.1. The van der Waals surface area contributed by atoms with Gasteiger partial charge in [0.25, 0.3) is 31.9 Å². The molecule has 46 heavy (non-hydrogen) atoms. The zero-order chi connectivity index (χ0) is 32.9. The Morgan fingerprint density at radius 1 is 0.543 bits per heavy atom. The Bertz CT molecular complexity index is 1990. The summed E-state index contributed by atoms with van der Waals surface area (Å²) in [5.74, 6) is -0.178. The second-order valence-electron chi connectivity index (χ2n) is 9.69. The van der Waals surface area contributed by atoms with Crippen molar-refractivity contribution in [3.05, 3.63) is 120 Å². The molecule has 5 aromatic rings. The lowest BCUT2D eigenvalue weighted by atomic mass is 10.1. The Kier molecular flexibility index (Phi) is 9.01. The van der Waals surface area contributed by atoms with Crippen molar-refractivity contribution in [1.29, 1.82) is 0 Å². The van der Waals surface area contributed by atoms with E-state index in [4.69, 9.17) is 0 Å². The van der Waals surface area contributed by atoms with E-state index in [2.05, 4.69) is 40.0 Å². The van der Waals surface area contributed by atoms with Crippen LogP contribution in [0.3, 0.4) is 0 Å². The van der Waals surface area contributed by atoms with Crippen LogP contribution in [-0.2, 0) is 20.0 Å². The van der Waals surface area contributed by atoms with E-state index in [1.54, 1.807) is 26.0 Å². The molecular formula is C30H26N8O6S2. The number of nitrogens with zero attached hydrogens (tertiary/aromatic N) is 4. The molecule has 0 saturated carbocycles. The van der Waals surface area contributed by atoms with Crippen molar-refractivity contribution in [3.63, 3.8) is 0 Å². The van der Waals surface area contributed by atoms with Gasteiger partial charge in [0.05, 0.1) is 20.9 Å². The molecule has 0 spiro atoms. The fourth-order valence-corrected chi connectivity index (χ4v) is 6.13. The molecule has 0 bridgehead atoms. The Balaban J connectivity index is 1.25. The fourth-order valence-electron chi connectivity index (χ4n) is 4.13. The quantitative estimate of drug-likeness (QED) is 0.170. The number of rotatable bonds is 10. The van der Waals surface area contributed by atoms with Gasteiger partial charge in [-0.2, -0.15) is 0 Å². The van der Waals surface area contributed by atoms with Crippen molar-refractivity contribution in [3.8, 4) is 0 Å². The SMILES string of the molecule is Cc1nccc(NS(=O)(=O)c2ccc(NC(=O)c3ccccc3C(=O)Nc3ccc(S(=O)(=O)Nc4ccnc(C)n4)cc3)cc2)n1. The molecule has 0 aliphatic rings. The van der Waals surface area contributed by atoms with Crippen molar-refractivity contribution in [1.82, 2.24) is 19.9 Å². The first-order chi connectivity index (χ1) is 21.9. The number of benzene rings is 3. The van der Waals surface area contributed by atoms with E-state index < -0.39 is 31.9 Å². The molecule has 0 radical (unpaired) electrons. The van der Waals surface area contributed by atoms with Crippen LogP contribution in [-0.4, -0.2) is 48.6 Å². The molecule has 4 N–H and O–H groups in total. The van der Waals surface area contributed by atoms with Crippen LogP contribution in [0.4, 0.5) is 23.0 Å². The topological polar surface area (TPSA) is 202 Å². The highest BCUT2D eigenvalue weighted by molar-refractivity contribution is 7.93. The summed E-state index contributed by atoms with van der Waals surface area (Å²) < 4.78 is 55.7. The molecule has 0 aliphatic heterocycles. The molecule has 0 unspecified atom stereocenters. The number of anilines is 4. The van der Waals surface area contributed by atoms with Gasteiger partial charge in [0.15, 0.2) is 0 Å². The van der Waals surface area contributed by atoms with Crippen molar-refractivity contribution < 1.29 is 26.4 Å². The molecular weight excluding hydrogens is 633 g/mol. The Morgan fingerprint density at radius 3 is 1.26 bits per heavy atom. The molecule has 5 rings (SSSR count). The highest BCUT2D eigenvalue weighted by Gasteiger charge is 2.20. The first-order valence-corrected chi connectivity index (χ1v) is 16.4. The Morgan fingerprint density at radius 2 is 0.913 bits per heavy atom. The predicted octanol–water partition coefficient (Wildman–Crippen LogP) is 3.99. The molecule has 0 saturated heterocycles. The van der Waals surface area contributed by atoms with Gasteiger partial charge in [0, 0.05) is 23.8 Å². The molecule has 16 heteroatoms. The Hall–Kier alpha value is -5.74.